The molecule has 0 N–H and O–H groups in total. The summed E-state index contributed by atoms with van der Waals surface area (Å²) in [5.74, 6) is 4.43. The molecule has 0 aliphatic carbocycles. The molecule has 10 aliphatic heterocycles. The van der Waals surface area contributed by atoms with E-state index in [0.29, 0.717) is 62.0 Å². The van der Waals surface area contributed by atoms with Gasteiger partial charge in [0.1, 0.15) is 41.0 Å². The highest BCUT2D eigenvalue weighted by Crippen LogP contribution is 2.71. The minimum atomic E-state index is -4.18. The summed E-state index contributed by atoms with van der Waals surface area (Å²) in [6.45, 7) is 1.73. The zero-order valence-electron chi connectivity index (χ0n) is 57.5. The van der Waals surface area contributed by atoms with Crippen LogP contribution in [0.5, 0.6) is 23.0 Å². The highest BCUT2D eigenvalue weighted by molar-refractivity contribution is 8.78. The molecule has 0 radical (unpaired) electrons. The number of aromatic nitrogens is 3. The molecule has 0 saturated carbocycles. The van der Waals surface area contributed by atoms with Crippen molar-refractivity contribution in [3.8, 4) is 46.6 Å². The average Bonchev–Trinajstić information content (AvgIpc) is 1.49. The number of piperazine rings is 2. The van der Waals surface area contributed by atoms with Crippen LogP contribution in [0, 0.1) is 12.3 Å². The number of aryl methyl sites for hydroxylation is 1. The Hall–Kier alpha value is -10.3. The second-order valence-electron chi connectivity index (χ2n) is 26.1. The summed E-state index contributed by atoms with van der Waals surface area (Å²) in [6.07, 6.45) is 6.69. The zero-order valence-corrected chi connectivity index (χ0v) is 62.4. The molecule has 4 bridgehead atoms. The molecule has 4 amide bonds. The number of para-hydroxylation sites is 2. The van der Waals surface area contributed by atoms with Crippen molar-refractivity contribution in [1.29, 1.82) is 0 Å². The van der Waals surface area contributed by atoms with E-state index in [1.165, 1.54) is 61.6 Å². The van der Waals surface area contributed by atoms with Crippen LogP contribution < -0.4 is 27.6 Å². The van der Waals surface area contributed by atoms with E-state index in [0.717, 1.165) is 50.6 Å². The van der Waals surface area contributed by atoms with E-state index < -0.39 is 63.7 Å². The fourth-order valence-electron chi connectivity index (χ4n) is 15.6. The Balaban J connectivity index is 0.000000152. The normalized spacial score (nSPS) is 23.9. The highest BCUT2D eigenvalue weighted by Gasteiger charge is 2.79. The van der Waals surface area contributed by atoms with Gasteiger partial charge in [0.25, 0.3) is 43.7 Å². The summed E-state index contributed by atoms with van der Waals surface area (Å²) in [5, 5.41) is 10.6. The smallest absolute Gasteiger partial charge is 0.266 e. The number of methoxy groups -OCH3 is 2. The number of amides is 4. The van der Waals surface area contributed by atoms with E-state index >= 15 is 0 Å². The summed E-state index contributed by atoms with van der Waals surface area (Å²) < 4.78 is 85.2. The fraction of sp³-hybridized carbons (Fsp3) is 0.263. The summed E-state index contributed by atoms with van der Waals surface area (Å²) in [5.41, 5.74) is 13.0. The first kappa shape index (κ1) is 71.4. The van der Waals surface area contributed by atoms with Crippen molar-refractivity contribution in [2.24, 2.45) is 5.11 Å². The summed E-state index contributed by atoms with van der Waals surface area (Å²) in [7, 11) is 3.62. The van der Waals surface area contributed by atoms with Crippen molar-refractivity contribution >= 4 is 98.2 Å². The molecule has 1 aromatic heterocycles. The average molecular weight is 1530 g/mol. The quantitative estimate of drug-likeness (QED) is 0.0182. The third kappa shape index (κ3) is 11.5. The Morgan fingerprint density at radius 2 is 0.991 bits per heavy atom. The van der Waals surface area contributed by atoms with Gasteiger partial charge in [0.15, 0.2) is 20.5 Å². The molecule has 106 heavy (non-hydrogen) atoms. The molecule has 24 nitrogen and oxygen atoms in total. The van der Waals surface area contributed by atoms with Crippen LogP contribution in [-0.2, 0) is 56.6 Å². The van der Waals surface area contributed by atoms with Gasteiger partial charge >= 0.3 is 0 Å². The minimum absolute atomic E-state index is 0.103. The van der Waals surface area contributed by atoms with Crippen LogP contribution in [0.15, 0.2) is 227 Å². The minimum Gasteiger partial charge on any atom is -0.497 e. The van der Waals surface area contributed by atoms with Gasteiger partial charge in [-0.1, -0.05) is 156 Å². The molecule has 9 aromatic rings. The van der Waals surface area contributed by atoms with Crippen LogP contribution in [0.2, 0.25) is 0 Å². The molecule has 8 saturated heterocycles. The van der Waals surface area contributed by atoms with Crippen LogP contribution in [0.1, 0.15) is 53.5 Å². The predicted molar refractivity (Wildman–Crippen MR) is 406 cm³/mol. The number of benzene rings is 8. The Kier molecular flexibility index (Phi) is 19.0. The van der Waals surface area contributed by atoms with E-state index in [1.54, 1.807) is 128 Å². The van der Waals surface area contributed by atoms with Crippen molar-refractivity contribution < 1.29 is 55.0 Å². The number of azide groups is 1. The van der Waals surface area contributed by atoms with Gasteiger partial charge in [0.05, 0.1) is 65.6 Å². The maximum Gasteiger partial charge on any atom is 0.266 e. The van der Waals surface area contributed by atoms with Crippen molar-refractivity contribution in [3.05, 3.63) is 251 Å². The number of rotatable bonds is 19. The lowest BCUT2D eigenvalue weighted by Crippen LogP contribution is -2.72. The van der Waals surface area contributed by atoms with Gasteiger partial charge in [-0.3, -0.25) is 33.7 Å². The topological polar surface area (TPSA) is 272 Å². The largest absolute Gasteiger partial charge is 0.497 e. The van der Waals surface area contributed by atoms with Gasteiger partial charge in [0, 0.05) is 62.5 Å². The Morgan fingerprint density at radius 3 is 1.43 bits per heavy atom. The van der Waals surface area contributed by atoms with Crippen LogP contribution in [0.4, 0.5) is 11.4 Å². The molecular formula is C76H68N12O12S6. The van der Waals surface area contributed by atoms with Gasteiger partial charge in [0.2, 0.25) is 0 Å². The first-order valence-electron chi connectivity index (χ1n) is 33.7. The van der Waals surface area contributed by atoms with E-state index in [2.05, 4.69) is 26.3 Å². The Morgan fingerprint density at radius 1 is 0.566 bits per heavy atom. The Bertz CT molecular complexity index is 5240. The Labute approximate surface area is 628 Å². The first-order chi connectivity index (χ1) is 51.3. The standard InChI is InChI=1S/C38H34N6O6S3.C29H26N6O5S3.C9H8O/c1-41-34-33(45)43-35-37(24-38(43,36(41)46)52-51-34,30-11-6-7-12-32(30)44(35)53(47,48)29-9-4-3-5-10-29)26-15-19-28(20-16-26)50-22-8-21-42-23-31(39-40-42)25-13-17-27(49-2)18-14-25;1-33-25-24(36)34-26-28(18-29(34,27(33)37)42-41-25,19-12-14-20(15-13-19)40-17-7-16-31-32-30)22-10-5-6-11-23(22)35(26)43(38,39)21-8-3-2-4-9-21;1-3-8-4-6-9(10-2)7-5-8/h3-7,9-20,23,34-35H,8,21-22,24H2,1-2H3;2-6,8-15,25-26H,7,16-18H2,1H3;1,4-7H,2H3/t34-,35-,37-,38-;25-,26-,28-,29-;/m00./s1. The van der Waals surface area contributed by atoms with Crippen LogP contribution in [0.25, 0.3) is 21.7 Å². The second kappa shape index (κ2) is 28.2. The fourth-order valence-corrected chi connectivity index (χ4v) is 25.8. The lowest BCUT2D eigenvalue weighted by atomic mass is 9.72. The van der Waals surface area contributed by atoms with Crippen LogP contribution in [0.3, 0.4) is 0 Å². The molecule has 2 spiro atoms. The van der Waals surface area contributed by atoms with Crippen molar-refractivity contribution in [3.63, 3.8) is 0 Å². The van der Waals surface area contributed by atoms with Gasteiger partial charge in [-0.25, -0.2) is 25.4 Å². The van der Waals surface area contributed by atoms with Crippen LogP contribution >= 0.6 is 43.2 Å². The van der Waals surface area contributed by atoms with E-state index in [4.69, 9.17) is 30.9 Å². The molecule has 30 heteroatoms. The van der Waals surface area contributed by atoms with E-state index in [9.17, 15) is 36.0 Å². The SMILES string of the molecule is C#Cc1ccc(OC)cc1.CN1C(=O)[C@@]23C[C@]4(c5ccc(OCCCN=[N+]=[N-])cc5)c5ccccc5N(S(=O)(=O)c5ccccc5)[C@@H]4N2C(=O)[C@@H]1SS3.COc1ccc(-c2cn(CCCOc3ccc([C@]45C[C@@]67SS[C@@H](C(=O)N6[C@H]4N(S(=O)(=O)c4ccccc4)c4ccccc45)N(C)C7=O)cc3)nn2)cc1. The van der Waals surface area contributed by atoms with Gasteiger partial charge in [-0.2, -0.15) is 0 Å². The number of terminal acetylenes is 1. The third-order valence-electron chi connectivity index (χ3n) is 20.4. The number of nitrogens with zero attached hydrogens (tertiary/aromatic N) is 12. The number of hydrogen-bond acceptors (Lipinski definition) is 19. The molecule has 8 fully saturated rings. The van der Waals surface area contributed by atoms with Gasteiger partial charge < -0.3 is 28.7 Å². The molecule has 10 aliphatic rings. The number of fused-ring (bicyclic) bond motifs is 10. The monoisotopic (exact) mass is 1530 g/mol. The third-order valence-corrected chi connectivity index (χ3v) is 30.5. The number of carbonyl (C=O) groups excluding carboxylic acids is 4. The highest BCUT2D eigenvalue weighted by atomic mass is 33.1. The van der Waals surface area contributed by atoms with Crippen molar-refractivity contribution in [2.45, 2.75) is 85.7 Å². The van der Waals surface area contributed by atoms with Crippen LogP contribution in [-0.4, -0.2) is 156 Å². The summed E-state index contributed by atoms with van der Waals surface area (Å²) in [6, 6.07) is 61.2. The second-order valence-corrected chi connectivity index (χ2v) is 34.8. The summed E-state index contributed by atoms with van der Waals surface area (Å²) >= 11 is 0. The van der Waals surface area contributed by atoms with Crippen molar-refractivity contribution in [2.75, 3.05) is 56.7 Å². The maximum atomic E-state index is 14.7. The molecular weight excluding hydrogens is 1470 g/mol. The molecule has 8 atom stereocenters. The molecule has 8 aromatic carbocycles. The number of ether oxygens (including phenoxy) is 4. The molecule has 19 rings (SSSR count). The number of anilines is 2. The van der Waals surface area contributed by atoms with E-state index in [-0.39, 0.29) is 46.3 Å². The molecule has 540 valence electrons. The lowest BCUT2D eigenvalue weighted by molar-refractivity contribution is -0.158. The zero-order chi connectivity index (χ0) is 73.9. The predicted octanol–water partition coefficient (Wildman–Crippen LogP) is 11.8. The number of likely N-dealkylation sites (N-methyl/N-ethyl adjacent to an activating group) is 2. The number of carbonyl (C=O) groups is 4. The van der Waals surface area contributed by atoms with E-state index in [1.807, 2.05) is 128 Å². The lowest BCUT2D eigenvalue weighted by Gasteiger charge is -2.53. The first-order valence-corrected chi connectivity index (χ1v) is 41.0. The van der Waals surface area contributed by atoms with Gasteiger partial charge in [-0.05, 0) is 143 Å². The number of sulfonamides is 2. The number of hydrogen-bond donors (Lipinski definition) is 0. The maximum absolute atomic E-state index is 14.7. The van der Waals surface area contributed by atoms with Crippen molar-refractivity contribution in [1.82, 2.24) is 34.6 Å². The molecule has 0 unspecified atom stereocenters. The van der Waals surface area contributed by atoms with Gasteiger partial charge in [-0.15, -0.1) is 11.5 Å². The summed E-state index contributed by atoms with van der Waals surface area (Å²) in [4.78, 5) is 63.2. The molecule has 11 heterocycles.